The van der Waals surface area contributed by atoms with Crippen LogP contribution in [0.2, 0.25) is 0 Å². The molecule has 0 heterocycles. The Balaban J connectivity index is 0.00000265. The number of rotatable bonds is 18. The number of halogens is 1. The fraction of sp³-hybridized carbons (Fsp3) is 0.600. The molecule has 0 aliphatic rings. The lowest BCUT2D eigenvalue weighted by molar-refractivity contribution is -0.597. The number of unbranched alkanes of at least 4 members (excludes halogenated alkanes) is 10. The van der Waals surface area contributed by atoms with Crippen LogP contribution < -0.4 is 30.7 Å². The van der Waals surface area contributed by atoms with Crippen molar-refractivity contribution < 1.29 is 30.7 Å². The Morgan fingerprint density at radius 1 is 0.485 bits per heavy atom. The van der Waals surface area contributed by atoms with Gasteiger partial charge in [0.1, 0.15) is 11.5 Å². The first-order valence-corrected chi connectivity index (χ1v) is 15.6. The summed E-state index contributed by atoms with van der Waals surface area (Å²) in [5, 5.41) is 0. The third-order valence-corrected chi connectivity index (χ3v) is 8.06. The summed E-state index contributed by atoms with van der Waals surface area (Å²) < 4.78 is 14.7. The van der Waals surface area contributed by atoms with E-state index in [1.807, 2.05) is 13.8 Å². The van der Waals surface area contributed by atoms with Gasteiger partial charge >= 0.3 is 21.2 Å². The Kier molecular flexibility index (Phi) is 19.2. The summed E-state index contributed by atoms with van der Waals surface area (Å²) >= 11 is -0.160. The molecule has 33 heavy (non-hydrogen) atoms. The SMILES string of the molecule is CC.CCCCCCCCOc1ccc([I+]c2ccc(OCCCCCCCC)cc2)cc1. The molecule has 0 aliphatic carbocycles. The summed E-state index contributed by atoms with van der Waals surface area (Å²) in [6.07, 6.45) is 15.6. The van der Waals surface area contributed by atoms with E-state index in [1.165, 1.54) is 71.3 Å². The first-order valence-electron chi connectivity index (χ1n) is 13.4. The fourth-order valence-electron chi connectivity index (χ4n) is 3.46. The summed E-state index contributed by atoms with van der Waals surface area (Å²) in [4.78, 5) is 0. The average Bonchev–Trinajstić information content (AvgIpc) is 2.86. The zero-order valence-electron chi connectivity index (χ0n) is 21.7. The van der Waals surface area contributed by atoms with Crippen molar-refractivity contribution in [1.82, 2.24) is 0 Å². The molecule has 3 heteroatoms. The van der Waals surface area contributed by atoms with Crippen LogP contribution in [0.4, 0.5) is 0 Å². The predicted molar refractivity (Wildman–Crippen MR) is 139 cm³/mol. The van der Waals surface area contributed by atoms with E-state index < -0.39 is 0 Å². The van der Waals surface area contributed by atoms with Crippen LogP contribution in [-0.4, -0.2) is 13.2 Å². The van der Waals surface area contributed by atoms with Crippen LogP contribution in [0.1, 0.15) is 105 Å². The van der Waals surface area contributed by atoms with E-state index in [0.717, 1.165) is 37.6 Å². The highest BCUT2D eigenvalue weighted by atomic mass is 127. The Hall–Kier alpha value is -1.23. The maximum absolute atomic E-state index is 5.90. The molecule has 186 valence electrons. The van der Waals surface area contributed by atoms with Crippen LogP contribution in [-0.2, 0) is 0 Å². The third-order valence-electron chi connectivity index (χ3n) is 5.38. The molecule has 0 aliphatic heterocycles. The van der Waals surface area contributed by atoms with Gasteiger partial charge in [-0.3, -0.25) is 0 Å². The minimum Gasteiger partial charge on any atom is -0.494 e. The van der Waals surface area contributed by atoms with Crippen molar-refractivity contribution in [3.05, 3.63) is 55.7 Å². The maximum atomic E-state index is 5.90. The second kappa shape index (κ2) is 21.3. The van der Waals surface area contributed by atoms with Crippen LogP contribution in [0.15, 0.2) is 48.5 Å². The van der Waals surface area contributed by atoms with E-state index in [4.69, 9.17) is 9.47 Å². The van der Waals surface area contributed by atoms with Crippen LogP contribution >= 0.6 is 0 Å². The third kappa shape index (κ3) is 15.3. The minimum absolute atomic E-state index is 0.160. The fourth-order valence-corrected chi connectivity index (χ4v) is 5.62. The highest BCUT2D eigenvalue weighted by Crippen LogP contribution is 2.12. The molecule has 0 atom stereocenters. The van der Waals surface area contributed by atoms with Gasteiger partial charge in [-0.2, -0.15) is 0 Å². The topological polar surface area (TPSA) is 18.5 Å². The van der Waals surface area contributed by atoms with E-state index in [9.17, 15) is 0 Å². The van der Waals surface area contributed by atoms with Crippen molar-refractivity contribution >= 4 is 0 Å². The first kappa shape index (κ1) is 29.8. The number of hydrogen-bond acceptors (Lipinski definition) is 2. The minimum atomic E-state index is -0.160. The van der Waals surface area contributed by atoms with Gasteiger partial charge in [-0.15, -0.1) is 0 Å². The van der Waals surface area contributed by atoms with E-state index in [0.29, 0.717) is 0 Å². The van der Waals surface area contributed by atoms with Gasteiger partial charge in [0.25, 0.3) is 0 Å². The quantitative estimate of drug-likeness (QED) is 0.155. The van der Waals surface area contributed by atoms with Gasteiger partial charge in [-0.05, 0) is 61.4 Å². The lowest BCUT2D eigenvalue weighted by atomic mass is 10.1. The summed E-state index contributed by atoms with van der Waals surface area (Å²) in [6.45, 7) is 10.2. The van der Waals surface area contributed by atoms with E-state index in [1.54, 1.807) is 0 Å². The molecule has 0 bridgehead atoms. The molecular formula is C30H48IO2+. The summed E-state index contributed by atoms with van der Waals surface area (Å²) in [7, 11) is 0. The lowest BCUT2D eigenvalue weighted by Gasteiger charge is -2.06. The summed E-state index contributed by atoms with van der Waals surface area (Å²) in [6, 6.07) is 17.4. The van der Waals surface area contributed by atoms with E-state index in [2.05, 4.69) is 62.4 Å². The normalized spacial score (nSPS) is 10.4. The molecule has 0 aromatic heterocycles. The molecule has 0 spiro atoms. The van der Waals surface area contributed by atoms with Gasteiger partial charge in [-0.25, -0.2) is 0 Å². The molecule has 2 aromatic rings. The molecule has 0 N–H and O–H groups in total. The lowest BCUT2D eigenvalue weighted by Crippen LogP contribution is -3.61. The van der Waals surface area contributed by atoms with Crippen molar-refractivity contribution in [2.24, 2.45) is 0 Å². The van der Waals surface area contributed by atoms with Crippen molar-refractivity contribution in [2.45, 2.75) is 105 Å². The van der Waals surface area contributed by atoms with Crippen molar-refractivity contribution in [1.29, 1.82) is 0 Å². The Bertz CT molecular complexity index is 607. The molecule has 0 saturated carbocycles. The first-order chi connectivity index (χ1) is 16.3. The number of benzene rings is 2. The zero-order chi connectivity index (χ0) is 24.0. The Morgan fingerprint density at radius 3 is 1.18 bits per heavy atom. The van der Waals surface area contributed by atoms with Gasteiger partial charge in [-0.1, -0.05) is 91.9 Å². The number of ether oxygens (including phenoxy) is 2. The molecule has 2 rings (SSSR count). The molecule has 0 fully saturated rings. The Morgan fingerprint density at radius 2 is 0.818 bits per heavy atom. The monoisotopic (exact) mass is 567 g/mol. The Labute approximate surface area is 215 Å². The van der Waals surface area contributed by atoms with Crippen molar-refractivity contribution in [3.8, 4) is 11.5 Å². The van der Waals surface area contributed by atoms with Crippen LogP contribution in [0.25, 0.3) is 0 Å². The summed E-state index contributed by atoms with van der Waals surface area (Å²) in [5.41, 5.74) is 0. The van der Waals surface area contributed by atoms with E-state index >= 15 is 0 Å². The van der Waals surface area contributed by atoms with Gasteiger partial charge in [0.15, 0.2) is 7.14 Å². The molecule has 2 nitrogen and oxygen atoms in total. The highest BCUT2D eigenvalue weighted by Gasteiger charge is 2.15. The smallest absolute Gasteiger partial charge is 0.357 e. The van der Waals surface area contributed by atoms with Gasteiger partial charge < -0.3 is 9.47 Å². The highest BCUT2D eigenvalue weighted by molar-refractivity contribution is 5.22. The molecule has 0 saturated heterocycles. The van der Waals surface area contributed by atoms with Gasteiger partial charge in [0.05, 0.1) is 13.2 Å². The van der Waals surface area contributed by atoms with Crippen molar-refractivity contribution in [2.75, 3.05) is 13.2 Å². The summed E-state index contributed by atoms with van der Waals surface area (Å²) in [5.74, 6) is 2.00. The van der Waals surface area contributed by atoms with Crippen LogP contribution in [0.3, 0.4) is 0 Å². The predicted octanol–water partition coefficient (Wildman–Crippen LogP) is 6.32. The van der Waals surface area contributed by atoms with E-state index in [-0.39, 0.29) is 21.2 Å². The average molecular weight is 568 g/mol. The standard InChI is InChI=1S/C28H42IO2.C2H6/c1-3-5-7-9-11-13-23-30-27-19-15-25(16-20-27)29-26-17-21-28(22-18-26)31-24-14-12-10-8-6-4-2;1-2/h15-22H,3-14,23-24H2,1-2H3;1-2H3/q+1;. The van der Waals surface area contributed by atoms with Crippen LogP contribution in [0.5, 0.6) is 11.5 Å². The second-order valence-corrected chi connectivity index (χ2v) is 11.3. The van der Waals surface area contributed by atoms with Crippen molar-refractivity contribution in [3.63, 3.8) is 0 Å². The van der Waals surface area contributed by atoms with Gasteiger partial charge in [0, 0.05) is 0 Å². The molecule has 2 aromatic carbocycles. The molecule has 0 unspecified atom stereocenters. The maximum Gasteiger partial charge on any atom is 0.357 e. The van der Waals surface area contributed by atoms with Gasteiger partial charge in [0.2, 0.25) is 0 Å². The van der Waals surface area contributed by atoms with Crippen LogP contribution in [0, 0.1) is 7.14 Å². The largest absolute Gasteiger partial charge is 0.494 e. The molecule has 0 amide bonds. The number of hydrogen-bond donors (Lipinski definition) is 0. The molecule has 0 radical (unpaired) electrons. The zero-order valence-corrected chi connectivity index (χ0v) is 23.9. The second-order valence-electron chi connectivity index (χ2n) is 8.23. The molecular weight excluding hydrogens is 519 g/mol.